The highest BCUT2D eigenvalue weighted by atomic mass is 32.1. The topological polar surface area (TPSA) is 53.7 Å². The highest BCUT2D eigenvalue weighted by molar-refractivity contribution is 7.11. The molecular formula is C19H23NO3S. The summed E-state index contributed by atoms with van der Waals surface area (Å²) in [6, 6.07) is 6.03. The van der Waals surface area contributed by atoms with Crippen LogP contribution < -0.4 is 0 Å². The van der Waals surface area contributed by atoms with E-state index in [4.69, 9.17) is 4.42 Å². The number of furan rings is 1. The molecule has 0 spiro atoms. The van der Waals surface area contributed by atoms with E-state index in [1.54, 1.807) is 17.6 Å². The van der Waals surface area contributed by atoms with Crippen LogP contribution in [0.5, 0.6) is 0 Å². The Labute approximate surface area is 146 Å². The van der Waals surface area contributed by atoms with Gasteiger partial charge in [0, 0.05) is 23.5 Å². The van der Waals surface area contributed by atoms with E-state index in [-0.39, 0.29) is 5.92 Å². The predicted octanol–water partition coefficient (Wildman–Crippen LogP) is 4.27. The third kappa shape index (κ3) is 3.97. The van der Waals surface area contributed by atoms with Crippen molar-refractivity contribution in [1.29, 1.82) is 0 Å². The fourth-order valence-corrected chi connectivity index (χ4v) is 4.21. The molecule has 1 unspecified atom stereocenters. The summed E-state index contributed by atoms with van der Waals surface area (Å²) in [5.41, 5.74) is 2.39. The standard InChI is InChI=1S/C19H23NO3S/c1-14-8-12-24-18(14)16(17-7-4-11-23-17)6-3-10-20-9-2-5-15(13-20)19(21)22/h4,6-8,11-12,15H,2-3,5,9-10,13H2,1H3,(H,21,22)/b16-6-. The number of nitrogens with zero attached hydrogens (tertiary/aromatic N) is 1. The lowest BCUT2D eigenvalue weighted by atomic mass is 9.98. The molecular weight excluding hydrogens is 322 g/mol. The van der Waals surface area contributed by atoms with Gasteiger partial charge in [0.1, 0.15) is 5.76 Å². The van der Waals surface area contributed by atoms with Crippen molar-refractivity contribution in [1.82, 2.24) is 4.90 Å². The van der Waals surface area contributed by atoms with Gasteiger partial charge in [0.15, 0.2) is 0 Å². The van der Waals surface area contributed by atoms with E-state index >= 15 is 0 Å². The first-order valence-corrected chi connectivity index (χ1v) is 9.27. The summed E-state index contributed by atoms with van der Waals surface area (Å²) in [4.78, 5) is 14.7. The van der Waals surface area contributed by atoms with Crippen molar-refractivity contribution < 1.29 is 14.3 Å². The number of likely N-dealkylation sites (tertiary alicyclic amines) is 1. The second-order valence-corrected chi connectivity index (χ2v) is 7.21. The smallest absolute Gasteiger partial charge is 0.307 e. The van der Waals surface area contributed by atoms with Crippen LogP contribution in [0.1, 0.15) is 35.5 Å². The SMILES string of the molecule is Cc1ccsc1/C(=C\CCN1CCCC(C(=O)O)C1)c1ccco1. The summed E-state index contributed by atoms with van der Waals surface area (Å²) in [6.45, 7) is 4.66. The second-order valence-electron chi connectivity index (χ2n) is 6.29. The summed E-state index contributed by atoms with van der Waals surface area (Å²) < 4.78 is 5.61. The Kier molecular flexibility index (Phi) is 5.53. The Bertz CT molecular complexity index is 702. The lowest BCUT2D eigenvalue weighted by Gasteiger charge is -2.30. The molecule has 128 valence electrons. The zero-order valence-electron chi connectivity index (χ0n) is 13.9. The molecule has 1 aliphatic heterocycles. The van der Waals surface area contributed by atoms with Crippen molar-refractivity contribution >= 4 is 22.9 Å². The molecule has 0 aliphatic carbocycles. The molecule has 2 aromatic heterocycles. The lowest BCUT2D eigenvalue weighted by Crippen LogP contribution is -2.39. The largest absolute Gasteiger partial charge is 0.481 e. The molecule has 2 aromatic rings. The maximum atomic E-state index is 11.2. The van der Waals surface area contributed by atoms with Gasteiger partial charge in [-0.2, -0.15) is 0 Å². The minimum Gasteiger partial charge on any atom is -0.481 e. The zero-order valence-corrected chi connectivity index (χ0v) is 14.7. The minimum absolute atomic E-state index is 0.216. The maximum Gasteiger partial charge on any atom is 0.307 e. The van der Waals surface area contributed by atoms with E-state index in [2.05, 4.69) is 29.3 Å². The van der Waals surface area contributed by atoms with Crippen molar-refractivity contribution in [2.75, 3.05) is 19.6 Å². The number of aryl methyl sites for hydroxylation is 1. The Morgan fingerprint density at radius 3 is 3.04 bits per heavy atom. The molecule has 0 amide bonds. The van der Waals surface area contributed by atoms with Crippen LogP contribution in [0.2, 0.25) is 0 Å². The van der Waals surface area contributed by atoms with E-state index < -0.39 is 5.97 Å². The molecule has 1 saturated heterocycles. The summed E-state index contributed by atoms with van der Waals surface area (Å²) in [5, 5.41) is 11.3. The Hall–Kier alpha value is -1.85. The number of piperidine rings is 1. The molecule has 3 heterocycles. The Morgan fingerprint density at radius 2 is 2.38 bits per heavy atom. The van der Waals surface area contributed by atoms with Gasteiger partial charge < -0.3 is 14.4 Å². The summed E-state index contributed by atoms with van der Waals surface area (Å²) in [7, 11) is 0. The fourth-order valence-electron chi connectivity index (χ4n) is 3.24. The van der Waals surface area contributed by atoms with Gasteiger partial charge in [0.25, 0.3) is 0 Å². The number of carboxylic acid groups (broad SMARTS) is 1. The van der Waals surface area contributed by atoms with Gasteiger partial charge in [-0.1, -0.05) is 6.08 Å². The molecule has 0 aromatic carbocycles. The van der Waals surface area contributed by atoms with Crippen LogP contribution in [0, 0.1) is 12.8 Å². The first kappa shape index (κ1) is 17.0. The molecule has 0 saturated carbocycles. The van der Waals surface area contributed by atoms with Crippen LogP contribution in [-0.2, 0) is 4.79 Å². The van der Waals surface area contributed by atoms with Gasteiger partial charge in [-0.15, -0.1) is 11.3 Å². The van der Waals surface area contributed by atoms with Gasteiger partial charge in [-0.05, 0) is 61.9 Å². The van der Waals surface area contributed by atoms with Gasteiger partial charge in [-0.3, -0.25) is 4.79 Å². The molecule has 24 heavy (non-hydrogen) atoms. The number of carbonyl (C=O) groups is 1. The minimum atomic E-state index is -0.666. The van der Waals surface area contributed by atoms with Gasteiger partial charge >= 0.3 is 5.97 Å². The third-order valence-corrected chi connectivity index (χ3v) is 5.59. The van der Waals surface area contributed by atoms with Crippen LogP contribution in [0.3, 0.4) is 0 Å². The number of aliphatic carboxylic acids is 1. The quantitative estimate of drug-likeness (QED) is 0.849. The Balaban J connectivity index is 1.68. The van der Waals surface area contributed by atoms with E-state index in [0.29, 0.717) is 6.54 Å². The van der Waals surface area contributed by atoms with Gasteiger partial charge in [-0.25, -0.2) is 0 Å². The molecule has 0 bridgehead atoms. The summed E-state index contributed by atoms with van der Waals surface area (Å²) in [6.07, 6.45) is 6.58. The third-order valence-electron chi connectivity index (χ3n) is 4.54. The highest BCUT2D eigenvalue weighted by Gasteiger charge is 2.24. The van der Waals surface area contributed by atoms with Gasteiger partial charge in [0.05, 0.1) is 12.2 Å². The highest BCUT2D eigenvalue weighted by Crippen LogP contribution is 2.31. The van der Waals surface area contributed by atoms with E-state index in [0.717, 1.165) is 43.7 Å². The number of thiophene rings is 1. The lowest BCUT2D eigenvalue weighted by molar-refractivity contribution is -0.143. The molecule has 1 aliphatic rings. The predicted molar refractivity (Wildman–Crippen MR) is 96.3 cm³/mol. The molecule has 3 rings (SSSR count). The average Bonchev–Trinajstić information content (AvgIpc) is 3.24. The zero-order chi connectivity index (χ0) is 16.9. The Morgan fingerprint density at radius 1 is 1.50 bits per heavy atom. The van der Waals surface area contributed by atoms with Crippen molar-refractivity contribution in [3.63, 3.8) is 0 Å². The normalized spacial score (nSPS) is 19.5. The van der Waals surface area contributed by atoms with Crippen molar-refractivity contribution in [2.24, 2.45) is 5.92 Å². The molecule has 1 fully saturated rings. The first-order valence-electron chi connectivity index (χ1n) is 8.39. The maximum absolute atomic E-state index is 11.2. The number of carboxylic acids is 1. The van der Waals surface area contributed by atoms with E-state index in [1.165, 1.54) is 10.4 Å². The number of hydrogen-bond acceptors (Lipinski definition) is 4. The monoisotopic (exact) mass is 345 g/mol. The summed E-state index contributed by atoms with van der Waals surface area (Å²) >= 11 is 1.73. The van der Waals surface area contributed by atoms with E-state index in [9.17, 15) is 9.90 Å². The van der Waals surface area contributed by atoms with Crippen LogP contribution in [0.25, 0.3) is 5.57 Å². The van der Waals surface area contributed by atoms with Crippen molar-refractivity contribution in [3.05, 3.63) is 52.1 Å². The van der Waals surface area contributed by atoms with E-state index in [1.807, 2.05) is 12.1 Å². The van der Waals surface area contributed by atoms with Crippen molar-refractivity contribution in [3.8, 4) is 0 Å². The second kappa shape index (κ2) is 7.81. The summed E-state index contributed by atoms with van der Waals surface area (Å²) in [5.74, 6) is 0.00940. The van der Waals surface area contributed by atoms with Crippen LogP contribution in [-0.4, -0.2) is 35.6 Å². The molecule has 4 nitrogen and oxygen atoms in total. The first-order chi connectivity index (χ1) is 11.6. The van der Waals surface area contributed by atoms with Crippen molar-refractivity contribution in [2.45, 2.75) is 26.2 Å². The number of hydrogen-bond donors (Lipinski definition) is 1. The molecule has 5 heteroatoms. The average molecular weight is 345 g/mol. The molecule has 1 atom stereocenters. The number of rotatable bonds is 6. The van der Waals surface area contributed by atoms with Crippen LogP contribution in [0.4, 0.5) is 0 Å². The van der Waals surface area contributed by atoms with Crippen LogP contribution in [0.15, 0.2) is 40.3 Å². The molecule has 1 N–H and O–H groups in total. The molecule has 0 radical (unpaired) electrons. The van der Waals surface area contributed by atoms with Gasteiger partial charge in [0.2, 0.25) is 0 Å². The van der Waals surface area contributed by atoms with Crippen LogP contribution >= 0.6 is 11.3 Å². The fraction of sp³-hybridized carbons (Fsp3) is 0.421.